The number of phenolic OH excluding ortho intramolecular Hbond substituents is 2. The summed E-state index contributed by atoms with van der Waals surface area (Å²) in [4.78, 5) is 0. The molecule has 0 spiro atoms. The molecule has 0 saturated heterocycles. The van der Waals surface area contributed by atoms with Gasteiger partial charge in [-0.25, -0.2) is 0 Å². The Morgan fingerprint density at radius 3 is 1.78 bits per heavy atom. The first-order valence-electron chi connectivity index (χ1n) is 9.11. The summed E-state index contributed by atoms with van der Waals surface area (Å²) >= 11 is 0. The van der Waals surface area contributed by atoms with Gasteiger partial charge in [0, 0.05) is 5.92 Å². The van der Waals surface area contributed by atoms with E-state index in [0.717, 1.165) is 22.3 Å². The third-order valence-electron chi connectivity index (χ3n) is 5.24. The standard InChI is InChI=1S/C25H22O2/c1-16-14-19(10-12-23(16)26)25(20-11-13-24(27)17(2)15-20)22-9-5-7-18-6-3-4-8-21(18)22/h3-15,25-27H,1-2H3. The maximum Gasteiger partial charge on any atom is 0.118 e. The molecule has 0 atom stereocenters. The van der Waals surface area contributed by atoms with Crippen molar-refractivity contribution in [1.29, 1.82) is 0 Å². The Morgan fingerprint density at radius 2 is 1.19 bits per heavy atom. The average Bonchev–Trinajstić information content (AvgIpc) is 2.68. The van der Waals surface area contributed by atoms with Crippen LogP contribution in [0.15, 0.2) is 78.9 Å². The van der Waals surface area contributed by atoms with Crippen molar-refractivity contribution >= 4 is 10.8 Å². The number of aryl methyl sites for hydroxylation is 2. The van der Waals surface area contributed by atoms with Gasteiger partial charge < -0.3 is 10.2 Å². The van der Waals surface area contributed by atoms with Crippen LogP contribution >= 0.6 is 0 Å². The molecule has 134 valence electrons. The maximum absolute atomic E-state index is 9.99. The summed E-state index contributed by atoms with van der Waals surface area (Å²) in [6, 6.07) is 26.3. The van der Waals surface area contributed by atoms with Crippen molar-refractivity contribution in [3.05, 3.63) is 107 Å². The highest BCUT2D eigenvalue weighted by Crippen LogP contribution is 2.38. The molecule has 27 heavy (non-hydrogen) atoms. The van der Waals surface area contributed by atoms with Crippen LogP contribution in [0, 0.1) is 13.8 Å². The Bertz CT molecular complexity index is 1070. The smallest absolute Gasteiger partial charge is 0.118 e. The number of hydrogen-bond donors (Lipinski definition) is 2. The van der Waals surface area contributed by atoms with E-state index in [-0.39, 0.29) is 5.92 Å². The Morgan fingerprint density at radius 1 is 0.630 bits per heavy atom. The van der Waals surface area contributed by atoms with Crippen LogP contribution in [0.2, 0.25) is 0 Å². The zero-order chi connectivity index (χ0) is 19.0. The molecule has 2 heteroatoms. The Balaban J connectivity index is 2.00. The summed E-state index contributed by atoms with van der Waals surface area (Å²) in [7, 11) is 0. The molecule has 0 bridgehead atoms. The number of benzene rings is 4. The molecule has 0 aliphatic carbocycles. The van der Waals surface area contributed by atoms with E-state index in [1.54, 1.807) is 12.1 Å². The SMILES string of the molecule is Cc1cc(C(c2ccc(O)c(C)c2)c2cccc3ccccc23)ccc1O. The average molecular weight is 354 g/mol. The van der Waals surface area contributed by atoms with E-state index >= 15 is 0 Å². The summed E-state index contributed by atoms with van der Waals surface area (Å²) in [5.41, 5.74) is 5.16. The number of hydrogen-bond acceptors (Lipinski definition) is 2. The first kappa shape index (κ1) is 17.2. The number of phenols is 2. The second-order valence-corrected chi connectivity index (χ2v) is 7.09. The summed E-state index contributed by atoms with van der Waals surface area (Å²) < 4.78 is 0. The van der Waals surface area contributed by atoms with Crippen molar-refractivity contribution in [1.82, 2.24) is 0 Å². The zero-order valence-electron chi connectivity index (χ0n) is 15.5. The van der Waals surface area contributed by atoms with Crippen molar-refractivity contribution in [2.45, 2.75) is 19.8 Å². The van der Waals surface area contributed by atoms with Crippen LogP contribution in [0.25, 0.3) is 10.8 Å². The minimum Gasteiger partial charge on any atom is -0.508 e. The molecule has 0 radical (unpaired) electrons. The van der Waals surface area contributed by atoms with E-state index in [2.05, 4.69) is 42.5 Å². The highest BCUT2D eigenvalue weighted by molar-refractivity contribution is 5.87. The molecule has 4 aromatic rings. The maximum atomic E-state index is 9.99. The van der Waals surface area contributed by atoms with E-state index in [9.17, 15) is 10.2 Å². The van der Waals surface area contributed by atoms with Crippen molar-refractivity contribution < 1.29 is 10.2 Å². The molecule has 0 aliphatic heterocycles. The highest BCUT2D eigenvalue weighted by atomic mass is 16.3. The van der Waals surface area contributed by atoms with E-state index < -0.39 is 0 Å². The predicted molar refractivity (Wildman–Crippen MR) is 111 cm³/mol. The molecule has 4 rings (SSSR count). The van der Waals surface area contributed by atoms with Crippen molar-refractivity contribution in [3.63, 3.8) is 0 Å². The molecule has 2 N–H and O–H groups in total. The molecule has 0 saturated carbocycles. The number of fused-ring (bicyclic) bond motifs is 1. The van der Waals surface area contributed by atoms with E-state index in [0.29, 0.717) is 11.5 Å². The van der Waals surface area contributed by atoms with Gasteiger partial charge in [-0.2, -0.15) is 0 Å². The van der Waals surface area contributed by atoms with Crippen LogP contribution in [-0.4, -0.2) is 10.2 Å². The van der Waals surface area contributed by atoms with Gasteiger partial charge in [0.15, 0.2) is 0 Å². The van der Waals surface area contributed by atoms with Gasteiger partial charge in [-0.05, 0) is 64.6 Å². The first-order chi connectivity index (χ1) is 13.0. The van der Waals surface area contributed by atoms with Gasteiger partial charge in [0.05, 0.1) is 0 Å². The molecule has 0 unspecified atom stereocenters. The molecule has 0 aliphatic rings. The Labute approximate surface area is 159 Å². The van der Waals surface area contributed by atoms with Crippen LogP contribution in [0.1, 0.15) is 33.7 Å². The lowest BCUT2D eigenvalue weighted by molar-refractivity contribution is 0.470. The molecule has 0 heterocycles. The largest absolute Gasteiger partial charge is 0.508 e. The van der Waals surface area contributed by atoms with Gasteiger partial charge >= 0.3 is 0 Å². The van der Waals surface area contributed by atoms with Gasteiger partial charge in [0.2, 0.25) is 0 Å². The number of rotatable bonds is 3. The quantitative estimate of drug-likeness (QED) is 0.440. The Hall–Kier alpha value is -3.26. The number of aromatic hydroxyl groups is 2. The first-order valence-corrected chi connectivity index (χ1v) is 9.11. The highest BCUT2D eigenvalue weighted by Gasteiger charge is 2.20. The molecule has 4 aromatic carbocycles. The normalized spacial score (nSPS) is 11.2. The fourth-order valence-electron chi connectivity index (χ4n) is 3.77. The predicted octanol–water partition coefficient (Wildman–Crippen LogP) is 6.05. The Kier molecular flexibility index (Phi) is 4.33. The molecule has 0 fully saturated rings. The minimum absolute atomic E-state index is 0.00898. The van der Waals surface area contributed by atoms with Gasteiger partial charge in [0.1, 0.15) is 11.5 Å². The lowest BCUT2D eigenvalue weighted by Crippen LogP contribution is -2.05. The topological polar surface area (TPSA) is 40.5 Å². The third-order valence-corrected chi connectivity index (χ3v) is 5.24. The second kappa shape index (κ2) is 6.81. The van der Waals surface area contributed by atoms with Gasteiger partial charge in [-0.1, -0.05) is 66.7 Å². The lowest BCUT2D eigenvalue weighted by Gasteiger charge is -2.22. The van der Waals surface area contributed by atoms with E-state index in [1.807, 2.05) is 38.1 Å². The van der Waals surface area contributed by atoms with E-state index in [4.69, 9.17) is 0 Å². The van der Waals surface area contributed by atoms with Crippen LogP contribution in [-0.2, 0) is 0 Å². The van der Waals surface area contributed by atoms with E-state index in [1.165, 1.54) is 16.3 Å². The lowest BCUT2D eigenvalue weighted by atomic mass is 9.82. The second-order valence-electron chi connectivity index (χ2n) is 7.09. The van der Waals surface area contributed by atoms with Gasteiger partial charge in [0.25, 0.3) is 0 Å². The summed E-state index contributed by atoms with van der Waals surface area (Å²) in [6.45, 7) is 3.84. The monoisotopic (exact) mass is 354 g/mol. The van der Waals surface area contributed by atoms with Crippen molar-refractivity contribution in [2.24, 2.45) is 0 Å². The minimum atomic E-state index is 0.00898. The molecule has 0 aromatic heterocycles. The van der Waals surface area contributed by atoms with Crippen LogP contribution < -0.4 is 0 Å². The van der Waals surface area contributed by atoms with Gasteiger partial charge in [-0.15, -0.1) is 0 Å². The zero-order valence-corrected chi connectivity index (χ0v) is 15.5. The third kappa shape index (κ3) is 3.15. The van der Waals surface area contributed by atoms with Crippen molar-refractivity contribution in [3.8, 4) is 11.5 Å². The molecule has 0 amide bonds. The summed E-state index contributed by atoms with van der Waals surface area (Å²) in [5.74, 6) is 0.615. The summed E-state index contributed by atoms with van der Waals surface area (Å²) in [6.07, 6.45) is 0. The van der Waals surface area contributed by atoms with Crippen LogP contribution in [0.3, 0.4) is 0 Å². The molecular weight excluding hydrogens is 332 g/mol. The fraction of sp³-hybridized carbons (Fsp3) is 0.120. The van der Waals surface area contributed by atoms with Crippen LogP contribution in [0.5, 0.6) is 11.5 Å². The fourth-order valence-corrected chi connectivity index (χ4v) is 3.77. The summed E-state index contributed by atoms with van der Waals surface area (Å²) in [5, 5.41) is 22.4. The molecule has 2 nitrogen and oxygen atoms in total. The van der Waals surface area contributed by atoms with Gasteiger partial charge in [-0.3, -0.25) is 0 Å². The van der Waals surface area contributed by atoms with Crippen molar-refractivity contribution in [2.75, 3.05) is 0 Å². The van der Waals surface area contributed by atoms with Crippen LogP contribution in [0.4, 0.5) is 0 Å². The molecular formula is C25H22O2.